The Labute approximate surface area is 212 Å². The quantitative estimate of drug-likeness (QED) is 0.515. The number of carbonyl (C=O) groups excluding carboxylic acids is 1. The van der Waals surface area contributed by atoms with Crippen LogP contribution in [0.15, 0.2) is 36.5 Å². The second kappa shape index (κ2) is 9.61. The summed E-state index contributed by atoms with van der Waals surface area (Å²) in [6.45, 7) is 14.0. The van der Waals surface area contributed by atoms with Gasteiger partial charge in [-0.1, -0.05) is 0 Å². The summed E-state index contributed by atoms with van der Waals surface area (Å²) >= 11 is 0. The van der Waals surface area contributed by atoms with Crippen molar-refractivity contribution in [3.8, 4) is 17.3 Å². The van der Waals surface area contributed by atoms with Gasteiger partial charge in [-0.15, -0.1) is 10.2 Å². The first-order chi connectivity index (χ1) is 16.8. The maximum Gasteiger partial charge on any atom is 0.407 e. The summed E-state index contributed by atoms with van der Waals surface area (Å²) < 4.78 is 17.6. The van der Waals surface area contributed by atoms with Crippen LogP contribution in [0.3, 0.4) is 0 Å². The summed E-state index contributed by atoms with van der Waals surface area (Å²) in [6.07, 6.45) is 2.81. The monoisotopic (exact) mass is 493 g/mol. The molecule has 0 bridgehead atoms. The Morgan fingerprint density at radius 3 is 2.39 bits per heavy atom. The van der Waals surface area contributed by atoms with Crippen molar-refractivity contribution in [2.24, 2.45) is 0 Å². The van der Waals surface area contributed by atoms with Gasteiger partial charge in [0.25, 0.3) is 0 Å². The van der Waals surface area contributed by atoms with Crippen molar-refractivity contribution in [2.45, 2.75) is 90.8 Å². The number of pyridine rings is 2. The lowest BCUT2D eigenvalue weighted by molar-refractivity contribution is -0.182. The summed E-state index contributed by atoms with van der Waals surface area (Å²) in [7, 11) is 0. The van der Waals surface area contributed by atoms with E-state index in [-0.39, 0.29) is 23.9 Å². The second-order valence-electron chi connectivity index (χ2n) is 11.4. The molecule has 0 atom stereocenters. The van der Waals surface area contributed by atoms with Gasteiger partial charge < -0.3 is 19.5 Å². The third-order valence-electron chi connectivity index (χ3n) is 5.62. The van der Waals surface area contributed by atoms with Gasteiger partial charge in [0.1, 0.15) is 17.4 Å². The van der Waals surface area contributed by atoms with Gasteiger partial charge in [-0.05, 0) is 72.7 Å². The van der Waals surface area contributed by atoms with E-state index < -0.39 is 11.7 Å². The lowest BCUT2D eigenvalue weighted by atomic mass is 9.87. The van der Waals surface area contributed by atoms with Gasteiger partial charge in [0.2, 0.25) is 5.88 Å². The van der Waals surface area contributed by atoms with Crippen molar-refractivity contribution >= 4 is 17.0 Å². The zero-order chi connectivity index (χ0) is 26.1. The minimum atomic E-state index is -0.559. The van der Waals surface area contributed by atoms with Crippen molar-refractivity contribution in [3.63, 3.8) is 0 Å². The molecule has 3 aromatic rings. The molecule has 0 spiro atoms. The van der Waals surface area contributed by atoms with Crippen LogP contribution >= 0.6 is 0 Å². The number of rotatable bonds is 5. The van der Waals surface area contributed by atoms with E-state index in [1.807, 2.05) is 51.1 Å². The smallest absolute Gasteiger partial charge is 0.407 e. The number of amides is 1. The molecule has 0 unspecified atom stereocenters. The highest BCUT2D eigenvalue weighted by molar-refractivity contribution is 5.80. The summed E-state index contributed by atoms with van der Waals surface area (Å²) in [6, 6.07) is 9.35. The van der Waals surface area contributed by atoms with E-state index in [2.05, 4.69) is 48.2 Å². The molecule has 1 aliphatic heterocycles. The summed E-state index contributed by atoms with van der Waals surface area (Å²) in [5.41, 5.74) is 1.68. The van der Waals surface area contributed by atoms with Crippen LogP contribution in [0.25, 0.3) is 22.3 Å². The normalized spacial score (nSPS) is 17.5. The SMILES string of the molecule is CC(C)(C)OC(=O)NCc1cc2nc(-c3ccc(OC4CC(C)(C)OC(C)(C)C4)nn3)ccc2cn1. The number of alkyl carbamates (subject to hydrolysis) is 1. The highest BCUT2D eigenvalue weighted by Gasteiger charge is 2.40. The average Bonchev–Trinajstić information content (AvgIpc) is 2.74. The molecule has 36 heavy (non-hydrogen) atoms. The van der Waals surface area contributed by atoms with E-state index in [9.17, 15) is 4.79 Å². The van der Waals surface area contributed by atoms with Gasteiger partial charge in [-0.2, -0.15) is 0 Å². The number of fused-ring (bicyclic) bond motifs is 1. The molecule has 0 aliphatic carbocycles. The van der Waals surface area contributed by atoms with E-state index in [1.54, 1.807) is 6.20 Å². The Bertz CT molecular complexity index is 1220. The molecule has 3 aromatic heterocycles. The van der Waals surface area contributed by atoms with Crippen LogP contribution in [0.1, 0.15) is 67.0 Å². The zero-order valence-corrected chi connectivity index (χ0v) is 22.1. The Hall–Kier alpha value is -3.33. The fourth-order valence-electron chi connectivity index (χ4n) is 4.55. The summed E-state index contributed by atoms with van der Waals surface area (Å²) in [5.74, 6) is 0.484. The fourth-order valence-corrected chi connectivity index (χ4v) is 4.55. The average molecular weight is 494 g/mol. The maximum absolute atomic E-state index is 11.9. The first-order valence-corrected chi connectivity index (χ1v) is 12.2. The number of nitrogens with one attached hydrogen (secondary N) is 1. The van der Waals surface area contributed by atoms with Gasteiger partial charge in [0.15, 0.2) is 0 Å². The molecule has 1 fully saturated rings. The second-order valence-corrected chi connectivity index (χ2v) is 11.4. The molecule has 1 saturated heterocycles. The number of hydrogen-bond acceptors (Lipinski definition) is 8. The van der Waals surface area contributed by atoms with Crippen molar-refractivity contribution in [1.82, 2.24) is 25.5 Å². The van der Waals surface area contributed by atoms with Crippen LogP contribution in [-0.2, 0) is 16.0 Å². The first kappa shape index (κ1) is 25.8. The van der Waals surface area contributed by atoms with Crippen LogP contribution in [0.2, 0.25) is 0 Å². The topological polar surface area (TPSA) is 108 Å². The highest BCUT2D eigenvalue weighted by atomic mass is 16.6. The third kappa shape index (κ3) is 6.87. The zero-order valence-electron chi connectivity index (χ0n) is 22.1. The van der Waals surface area contributed by atoms with E-state index in [0.29, 0.717) is 23.0 Å². The van der Waals surface area contributed by atoms with Crippen molar-refractivity contribution in [1.29, 1.82) is 0 Å². The van der Waals surface area contributed by atoms with Crippen LogP contribution in [-0.4, -0.2) is 49.2 Å². The number of hydrogen-bond donors (Lipinski definition) is 1. The predicted octanol–water partition coefficient (Wildman–Crippen LogP) is 5.23. The molecule has 1 aliphatic rings. The van der Waals surface area contributed by atoms with Gasteiger partial charge in [-0.3, -0.25) is 4.98 Å². The molecule has 9 nitrogen and oxygen atoms in total. The number of aromatic nitrogens is 4. The summed E-state index contributed by atoms with van der Waals surface area (Å²) in [5, 5.41) is 12.3. The van der Waals surface area contributed by atoms with Crippen molar-refractivity contribution in [2.75, 3.05) is 0 Å². The molecule has 9 heteroatoms. The van der Waals surface area contributed by atoms with Crippen LogP contribution in [0.5, 0.6) is 5.88 Å². The third-order valence-corrected chi connectivity index (χ3v) is 5.62. The molecular formula is C27H35N5O4. The van der Waals surface area contributed by atoms with Gasteiger partial charge >= 0.3 is 6.09 Å². The largest absolute Gasteiger partial charge is 0.473 e. The molecule has 0 aromatic carbocycles. The lowest BCUT2D eigenvalue weighted by Gasteiger charge is -2.44. The molecule has 0 radical (unpaired) electrons. The van der Waals surface area contributed by atoms with E-state index in [0.717, 1.165) is 23.7 Å². The Balaban J connectivity index is 1.45. The molecular weight excluding hydrogens is 458 g/mol. The van der Waals surface area contributed by atoms with Gasteiger partial charge in [0, 0.05) is 30.5 Å². The number of carbonyl (C=O) groups is 1. The summed E-state index contributed by atoms with van der Waals surface area (Å²) in [4.78, 5) is 21.1. The molecule has 4 heterocycles. The van der Waals surface area contributed by atoms with Crippen LogP contribution < -0.4 is 10.1 Å². The minimum Gasteiger partial charge on any atom is -0.473 e. The molecule has 192 valence electrons. The van der Waals surface area contributed by atoms with Gasteiger partial charge in [-0.25, -0.2) is 9.78 Å². The van der Waals surface area contributed by atoms with E-state index >= 15 is 0 Å². The van der Waals surface area contributed by atoms with Gasteiger partial charge in [0.05, 0.1) is 34.7 Å². The highest BCUT2D eigenvalue weighted by Crippen LogP contribution is 2.36. The Kier molecular flexibility index (Phi) is 6.88. The number of nitrogens with zero attached hydrogens (tertiary/aromatic N) is 4. The van der Waals surface area contributed by atoms with Crippen LogP contribution in [0, 0.1) is 0 Å². The lowest BCUT2D eigenvalue weighted by Crippen LogP contribution is -2.49. The Morgan fingerprint density at radius 1 is 1.06 bits per heavy atom. The molecule has 0 saturated carbocycles. The molecule has 1 N–H and O–H groups in total. The Morgan fingerprint density at radius 2 is 1.75 bits per heavy atom. The van der Waals surface area contributed by atoms with E-state index in [4.69, 9.17) is 19.2 Å². The maximum atomic E-state index is 11.9. The fraction of sp³-hybridized carbons (Fsp3) is 0.519. The van der Waals surface area contributed by atoms with Crippen molar-refractivity contribution < 1.29 is 19.0 Å². The predicted molar refractivity (Wildman–Crippen MR) is 137 cm³/mol. The van der Waals surface area contributed by atoms with E-state index in [1.165, 1.54) is 0 Å². The first-order valence-electron chi connectivity index (χ1n) is 12.2. The molecule has 1 amide bonds. The minimum absolute atomic E-state index is 0.00269. The van der Waals surface area contributed by atoms with Crippen molar-refractivity contribution in [3.05, 3.63) is 42.2 Å². The molecule has 4 rings (SSSR count). The van der Waals surface area contributed by atoms with Crippen LogP contribution in [0.4, 0.5) is 4.79 Å². The standard InChI is InChI=1S/C27H35N5O4/c1-25(2,3)35-24(33)29-16-18-12-22-17(15-28-18)8-9-20(30-22)21-10-11-23(32-31-21)34-19-13-26(4,5)36-27(6,7)14-19/h8-12,15,19H,13-14,16H2,1-7H3,(H,29,33). The number of ether oxygens (including phenoxy) is 3.